The van der Waals surface area contributed by atoms with E-state index in [0.717, 1.165) is 23.2 Å². The molecule has 3 aromatic rings. The summed E-state index contributed by atoms with van der Waals surface area (Å²) in [5.74, 6) is -0.217. The lowest BCUT2D eigenvalue weighted by molar-refractivity contribution is -0.142. The van der Waals surface area contributed by atoms with E-state index in [1.807, 2.05) is 13.8 Å². The maximum atomic E-state index is 13.1. The van der Waals surface area contributed by atoms with Crippen LogP contribution < -0.4 is 10.2 Å². The summed E-state index contributed by atoms with van der Waals surface area (Å²) < 4.78 is 38.7. The first-order valence-corrected chi connectivity index (χ1v) is 11.7. The molecule has 1 aliphatic heterocycles. The predicted octanol–water partition coefficient (Wildman–Crippen LogP) is 4.80. The Labute approximate surface area is 205 Å². The van der Waals surface area contributed by atoms with Gasteiger partial charge in [-0.2, -0.15) is 18.3 Å². The molecule has 2 amide bonds. The normalized spacial score (nSPS) is 17.5. The molecule has 0 bridgehead atoms. The van der Waals surface area contributed by atoms with Crippen LogP contribution in [0.5, 0.6) is 0 Å². The number of anilines is 2. The molecule has 0 spiro atoms. The number of alkyl halides is 3. The summed E-state index contributed by atoms with van der Waals surface area (Å²) in [5.41, 5.74) is 2.58. The number of hydrogen-bond acceptors (Lipinski definition) is 5. The molecule has 0 aromatic carbocycles. The van der Waals surface area contributed by atoms with Crippen LogP contribution in [0.2, 0.25) is 0 Å². The molecule has 4 heterocycles. The SMILES string of the molecule is CC1(C)CC(=O)N(c2cnc(C3CC3)c(NC(=O)c3cccc(-c4cnn(CC(F)(F)F)c4)n3)c2)C1. The van der Waals surface area contributed by atoms with Crippen LogP contribution in [0.3, 0.4) is 0 Å². The Balaban J connectivity index is 1.38. The van der Waals surface area contributed by atoms with Gasteiger partial charge in [-0.1, -0.05) is 19.9 Å². The lowest BCUT2D eigenvalue weighted by Gasteiger charge is -2.21. The molecule has 5 rings (SSSR count). The summed E-state index contributed by atoms with van der Waals surface area (Å²) in [6.45, 7) is 3.42. The highest BCUT2D eigenvalue weighted by atomic mass is 19.4. The highest BCUT2D eigenvalue weighted by Gasteiger charge is 2.37. The molecule has 11 heteroatoms. The number of nitrogens with zero attached hydrogens (tertiary/aromatic N) is 5. The maximum Gasteiger partial charge on any atom is 0.408 e. The summed E-state index contributed by atoms with van der Waals surface area (Å²) in [6.07, 6.45) is 2.19. The third-order valence-corrected chi connectivity index (χ3v) is 6.20. The number of rotatable bonds is 6. The standard InChI is InChI=1S/C25H25F3N6O2/c1-24(2)9-21(35)34(13-24)17-8-20(22(29-11-17)15-6-7-15)32-23(36)19-5-3-4-18(31-19)16-10-30-33(12-16)14-25(26,27)28/h3-5,8,10-12,15H,6-7,9,13-14H2,1-2H3,(H,32,36). The Kier molecular flexibility index (Phi) is 5.80. The molecule has 0 atom stereocenters. The van der Waals surface area contributed by atoms with E-state index in [0.29, 0.717) is 35.6 Å². The van der Waals surface area contributed by atoms with Crippen molar-refractivity contribution in [2.24, 2.45) is 5.41 Å². The Morgan fingerprint density at radius 1 is 1.22 bits per heavy atom. The molecular formula is C25H25F3N6O2. The number of nitrogens with one attached hydrogen (secondary N) is 1. The van der Waals surface area contributed by atoms with Gasteiger partial charge in [-0.05, 0) is 36.5 Å². The number of carbonyl (C=O) groups excluding carboxylic acids is 2. The number of hydrogen-bond donors (Lipinski definition) is 1. The average Bonchev–Trinajstić information content (AvgIpc) is 3.47. The summed E-state index contributed by atoms with van der Waals surface area (Å²) >= 11 is 0. The third-order valence-electron chi connectivity index (χ3n) is 6.20. The summed E-state index contributed by atoms with van der Waals surface area (Å²) in [6, 6.07) is 6.52. The van der Waals surface area contributed by atoms with Gasteiger partial charge in [0.1, 0.15) is 12.2 Å². The Hall–Kier alpha value is -3.76. The second kappa shape index (κ2) is 8.72. The van der Waals surface area contributed by atoms with Crippen molar-refractivity contribution < 1.29 is 22.8 Å². The highest BCUT2D eigenvalue weighted by Crippen LogP contribution is 2.44. The van der Waals surface area contributed by atoms with E-state index >= 15 is 0 Å². The van der Waals surface area contributed by atoms with Gasteiger partial charge in [0.15, 0.2) is 0 Å². The van der Waals surface area contributed by atoms with Gasteiger partial charge in [-0.3, -0.25) is 19.3 Å². The summed E-state index contributed by atoms with van der Waals surface area (Å²) in [4.78, 5) is 36.3. The zero-order chi connectivity index (χ0) is 25.7. The van der Waals surface area contributed by atoms with Gasteiger partial charge < -0.3 is 10.2 Å². The fraction of sp³-hybridized carbons (Fsp3) is 0.400. The van der Waals surface area contributed by atoms with Gasteiger partial charge in [0.2, 0.25) is 5.91 Å². The lowest BCUT2D eigenvalue weighted by Crippen LogP contribution is -2.26. The Morgan fingerprint density at radius 2 is 2.00 bits per heavy atom. The van der Waals surface area contributed by atoms with Gasteiger partial charge in [-0.15, -0.1) is 0 Å². The first kappa shape index (κ1) is 24.0. The second-order valence-electron chi connectivity index (χ2n) is 10.1. The molecule has 1 saturated carbocycles. The molecule has 188 valence electrons. The molecule has 1 saturated heterocycles. The minimum absolute atomic E-state index is 0.0127. The van der Waals surface area contributed by atoms with E-state index in [2.05, 4.69) is 20.4 Å². The maximum absolute atomic E-state index is 13.1. The first-order chi connectivity index (χ1) is 17.0. The van der Waals surface area contributed by atoms with Gasteiger partial charge in [0, 0.05) is 30.6 Å². The second-order valence-corrected chi connectivity index (χ2v) is 10.1. The largest absolute Gasteiger partial charge is 0.408 e. The van der Waals surface area contributed by atoms with Crippen LogP contribution in [-0.4, -0.2) is 44.3 Å². The number of pyridine rings is 2. The fourth-order valence-corrected chi connectivity index (χ4v) is 4.38. The van der Waals surface area contributed by atoms with Crippen LogP contribution in [0.25, 0.3) is 11.3 Å². The summed E-state index contributed by atoms with van der Waals surface area (Å²) in [5, 5.41) is 6.63. The van der Waals surface area contributed by atoms with Gasteiger partial charge in [0.05, 0.1) is 35.2 Å². The van der Waals surface area contributed by atoms with Crippen LogP contribution in [0.1, 0.15) is 55.2 Å². The zero-order valence-electron chi connectivity index (χ0n) is 19.8. The average molecular weight is 499 g/mol. The van der Waals surface area contributed by atoms with Gasteiger partial charge >= 0.3 is 6.18 Å². The van der Waals surface area contributed by atoms with E-state index in [1.165, 1.54) is 18.5 Å². The van der Waals surface area contributed by atoms with Gasteiger partial charge in [0.25, 0.3) is 5.91 Å². The first-order valence-electron chi connectivity index (χ1n) is 11.7. The minimum Gasteiger partial charge on any atom is -0.319 e. The van der Waals surface area contributed by atoms with E-state index in [-0.39, 0.29) is 22.9 Å². The van der Waals surface area contributed by atoms with Crippen LogP contribution in [0, 0.1) is 5.41 Å². The van der Waals surface area contributed by atoms with Crippen LogP contribution in [0.4, 0.5) is 24.5 Å². The van der Waals surface area contributed by atoms with Crippen LogP contribution >= 0.6 is 0 Å². The highest BCUT2D eigenvalue weighted by molar-refractivity contribution is 6.04. The molecule has 0 radical (unpaired) electrons. The van der Waals surface area contributed by atoms with E-state index in [1.54, 1.807) is 29.3 Å². The van der Waals surface area contributed by atoms with Crippen molar-refractivity contribution in [3.8, 4) is 11.3 Å². The Bertz CT molecular complexity index is 1330. The Morgan fingerprint density at radius 3 is 2.67 bits per heavy atom. The molecule has 3 aromatic heterocycles. The molecule has 2 aliphatic rings. The van der Waals surface area contributed by atoms with E-state index < -0.39 is 18.6 Å². The van der Waals surface area contributed by atoms with E-state index in [4.69, 9.17) is 0 Å². The summed E-state index contributed by atoms with van der Waals surface area (Å²) in [7, 11) is 0. The lowest BCUT2D eigenvalue weighted by atomic mass is 9.93. The smallest absolute Gasteiger partial charge is 0.319 e. The van der Waals surface area contributed by atoms with Gasteiger partial charge in [-0.25, -0.2) is 4.98 Å². The van der Waals surface area contributed by atoms with Crippen molar-refractivity contribution in [3.05, 3.63) is 54.2 Å². The number of aromatic nitrogens is 4. The van der Waals surface area contributed by atoms with Crippen molar-refractivity contribution >= 4 is 23.2 Å². The number of amides is 2. The van der Waals surface area contributed by atoms with Crippen molar-refractivity contribution in [2.75, 3.05) is 16.8 Å². The fourth-order valence-electron chi connectivity index (χ4n) is 4.38. The topological polar surface area (TPSA) is 93.0 Å². The monoisotopic (exact) mass is 498 g/mol. The van der Waals surface area contributed by atoms with Crippen molar-refractivity contribution in [3.63, 3.8) is 0 Å². The minimum atomic E-state index is -4.39. The zero-order valence-corrected chi connectivity index (χ0v) is 19.8. The molecule has 36 heavy (non-hydrogen) atoms. The van der Waals surface area contributed by atoms with Crippen molar-refractivity contribution in [1.82, 2.24) is 19.7 Å². The number of halogens is 3. The van der Waals surface area contributed by atoms with E-state index in [9.17, 15) is 22.8 Å². The quantitative estimate of drug-likeness (QED) is 0.527. The molecule has 2 fully saturated rings. The van der Waals surface area contributed by atoms with Crippen LogP contribution in [0.15, 0.2) is 42.9 Å². The third kappa shape index (κ3) is 5.24. The molecule has 0 unspecified atom stereocenters. The molecule has 8 nitrogen and oxygen atoms in total. The van der Waals surface area contributed by atoms with Crippen molar-refractivity contribution in [2.45, 2.75) is 51.7 Å². The molecular weight excluding hydrogens is 473 g/mol. The van der Waals surface area contributed by atoms with Crippen molar-refractivity contribution in [1.29, 1.82) is 0 Å². The van der Waals surface area contributed by atoms with Crippen LogP contribution in [-0.2, 0) is 11.3 Å². The molecule has 1 aliphatic carbocycles. The molecule has 1 N–H and O–H groups in total. The predicted molar refractivity (Wildman–Crippen MR) is 126 cm³/mol. The number of carbonyl (C=O) groups is 2.